The lowest BCUT2D eigenvalue weighted by atomic mass is 10.1. The number of benzene rings is 1. The average molecular weight is 301 g/mol. The van der Waals surface area contributed by atoms with Gasteiger partial charge in [0.25, 0.3) is 5.91 Å². The summed E-state index contributed by atoms with van der Waals surface area (Å²) in [5, 5.41) is 0.991. The molecule has 2 heterocycles. The van der Waals surface area contributed by atoms with Crippen LogP contribution in [0, 0.1) is 12.8 Å². The first-order chi connectivity index (χ1) is 10.7. The minimum absolute atomic E-state index is 0.110. The Bertz CT molecular complexity index is 661. The predicted molar refractivity (Wildman–Crippen MR) is 86.1 cm³/mol. The Hall–Kier alpha value is -1.81. The van der Waals surface area contributed by atoms with Gasteiger partial charge in [-0.1, -0.05) is 6.92 Å². The van der Waals surface area contributed by atoms with E-state index in [4.69, 9.17) is 9.15 Å². The fourth-order valence-electron chi connectivity index (χ4n) is 3.04. The van der Waals surface area contributed by atoms with E-state index in [-0.39, 0.29) is 5.91 Å². The van der Waals surface area contributed by atoms with Crippen molar-refractivity contribution in [2.24, 2.45) is 5.92 Å². The minimum Gasteiger partial charge on any atom is -0.461 e. The number of likely N-dealkylation sites (tertiary alicyclic amines) is 1. The molecule has 1 saturated heterocycles. The van der Waals surface area contributed by atoms with Crippen LogP contribution in [-0.2, 0) is 4.74 Å². The van der Waals surface area contributed by atoms with E-state index in [9.17, 15) is 4.79 Å². The van der Waals surface area contributed by atoms with E-state index in [0.29, 0.717) is 5.92 Å². The molecule has 0 aliphatic carbocycles. The molecule has 0 saturated carbocycles. The molecule has 1 unspecified atom stereocenters. The summed E-state index contributed by atoms with van der Waals surface area (Å²) >= 11 is 0. The van der Waals surface area contributed by atoms with Crippen molar-refractivity contribution in [3.63, 3.8) is 0 Å². The summed E-state index contributed by atoms with van der Waals surface area (Å²) in [6.45, 7) is 7.21. The van der Waals surface area contributed by atoms with Gasteiger partial charge in [0.1, 0.15) is 11.3 Å². The van der Waals surface area contributed by atoms with Gasteiger partial charge in [-0.05, 0) is 44.0 Å². The lowest BCUT2D eigenvalue weighted by molar-refractivity contribution is 0.0754. The SMILES string of the molecule is CCCOCC1CCN(C(=O)c2ccc3oc(C)cc3c2)C1. The number of amides is 1. The summed E-state index contributed by atoms with van der Waals surface area (Å²) < 4.78 is 11.2. The van der Waals surface area contributed by atoms with Crippen LogP contribution in [0.15, 0.2) is 28.7 Å². The van der Waals surface area contributed by atoms with E-state index in [0.717, 1.165) is 61.4 Å². The fourth-order valence-corrected chi connectivity index (χ4v) is 3.04. The van der Waals surface area contributed by atoms with Crippen LogP contribution in [-0.4, -0.2) is 37.1 Å². The van der Waals surface area contributed by atoms with Gasteiger partial charge in [0.2, 0.25) is 0 Å². The van der Waals surface area contributed by atoms with E-state index in [1.807, 2.05) is 36.1 Å². The molecule has 3 rings (SSSR count). The normalized spacial score (nSPS) is 18.3. The summed E-state index contributed by atoms with van der Waals surface area (Å²) in [6, 6.07) is 7.63. The number of furan rings is 1. The molecule has 0 N–H and O–H groups in total. The van der Waals surface area contributed by atoms with Gasteiger partial charge in [0.15, 0.2) is 0 Å². The first kappa shape index (κ1) is 15.1. The van der Waals surface area contributed by atoms with Crippen LogP contribution in [0.1, 0.15) is 35.9 Å². The molecule has 1 aromatic carbocycles. The second-order valence-corrected chi connectivity index (χ2v) is 6.09. The maximum Gasteiger partial charge on any atom is 0.253 e. The molecule has 1 aliphatic rings. The number of carbonyl (C=O) groups excluding carboxylic acids is 1. The predicted octanol–water partition coefficient (Wildman–Crippen LogP) is 3.63. The molecule has 0 radical (unpaired) electrons. The van der Waals surface area contributed by atoms with Crippen molar-refractivity contribution in [3.8, 4) is 0 Å². The van der Waals surface area contributed by atoms with Crippen LogP contribution in [0.3, 0.4) is 0 Å². The van der Waals surface area contributed by atoms with Gasteiger partial charge in [-0.3, -0.25) is 4.79 Å². The van der Waals surface area contributed by atoms with E-state index in [1.165, 1.54) is 0 Å². The molecule has 2 aromatic rings. The molecular weight excluding hydrogens is 278 g/mol. The Morgan fingerprint density at radius 2 is 2.27 bits per heavy atom. The third kappa shape index (κ3) is 3.17. The molecule has 1 fully saturated rings. The highest BCUT2D eigenvalue weighted by atomic mass is 16.5. The molecule has 1 atom stereocenters. The van der Waals surface area contributed by atoms with Gasteiger partial charge >= 0.3 is 0 Å². The van der Waals surface area contributed by atoms with Gasteiger partial charge in [-0.25, -0.2) is 0 Å². The smallest absolute Gasteiger partial charge is 0.253 e. The topological polar surface area (TPSA) is 42.7 Å². The number of fused-ring (bicyclic) bond motifs is 1. The molecule has 4 heteroatoms. The first-order valence-corrected chi connectivity index (χ1v) is 8.04. The standard InChI is InChI=1S/C18H23NO3/c1-3-8-21-12-14-6-7-19(11-14)18(20)15-4-5-17-16(10-15)9-13(2)22-17/h4-5,9-10,14H,3,6-8,11-12H2,1-2H3. The van der Waals surface area contributed by atoms with Gasteiger partial charge in [0.05, 0.1) is 6.61 Å². The maximum absolute atomic E-state index is 12.6. The van der Waals surface area contributed by atoms with Gasteiger partial charge < -0.3 is 14.1 Å². The van der Waals surface area contributed by atoms with Crippen molar-refractivity contribution < 1.29 is 13.9 Å². The van der Waals surface area contributed by atoms with Crippen molar-refractivity contribution in [2.45, 2.75) is 26.7 Å². The van der Waals surface area contributed by atoms with Crippen molar-refractivity contribution in [1.29, 1.82) is 0 Å². The number of hydrogen-bond acceptors (Lipinski definition) is 3. The summed E-state index contributed by atoms with van der Waals surface area (Å²) in [5.74, 6) is 1.45. The first-order valence-electron chi connectivity index (χ1n) is 8.04. The molecule has 0 bridgehead atoms. The molecule has 4 nitrogen and oxygen atoms in total. The highest BCUT2D eigenvalue weighted by molar-refractivity contribution is 5.98. The Morgan fingerprint density at radius 1 is 1.41 bits per heavy atom. The van der Waals surface area contributed by atoms with Crippen LogP contribution in [0.25, 0.3) is 11.0 Å². The molecule has 1 amide bonds. The number of rotatable bonds is 5. The van der Waals surface area contributed by atoms with Crippen molar-refractivity contribution in [3.05, 3.63) is 35.6 Å². The Kier molecular flexibility index (Phi) is 4.48. The van der Waals surface area contributed by atoms with E-state index < -0.39 is 0 Å². The second kappa shape index (κ2) is 6.53. The average Bonchev–Trinajstić information content (AvgIpc) is 3.11. The summed E-state index contributed by atoms with van der Waals surface area (Å²) in [6.07, 6.45) is 2.07. The molecule has 1 aromatic heterocycles. The molecule has 1 aliphatic heterocycles. The zero-order valence-electron chi connectivity index (χ0n) is 13.3. The van der Waals surface area contributed by atoms with E-state index >= 15 is 0 Å². The monoisotopic (exact) mass is 301 g/mol. The van der Waals surface area contributed by atoms with Crippen molar-refractivity contribution >= 4 is 16.9 Å². The third-order valence-electron chi connectivity index (χ3n) is 4.16. The quantitative estimate of drug-likeness (QED) is 0.792. The van der Waals surface area contributed by atoms with Crippen LogP contribution < -0.4 is 0 Å². The number of aryl methyl sites for hydroxylation is 1. The zero-order valence-corrected chi connectivity index (χ0v) is 13.3. The van der Waals surface area contributed by atoms with Gasteiger partial charge in [-0.15, -0.1) is 0 Å². The summed E-state index contributed by atoms with van der Waals surface area (Å²) in [7, 11) is 0. The van der Waals surface area contributed by atoms with Crippen molar-refractivity contribution in [2.75, 3.05) is 26.3 Å². The van der Waals surface area contributed by atoms with E-state index in [2.05, 4.69) is 6.92 Å². The Morgan fingerprint density at radius 3 is 3.09 bits per heavy atom. The molecule has 0 spiro atoms. The van der Waals surface area contributed by atoms with Gasteiger partial charge in [-0.2, -0.15) is 0 Å². The second-order valence-electron chi connectivity index (χ2n) is 6.09. The van der Waals surface area contributed by atoms with Crippen LogP contribution in [0.5, 0.6) is 0 Å². The summed E-state index contributed by atoms with van der Waals surface area (Å²) in [5.41, 5.74) is 1.57. The van der Waals surface area contributed by atoms with Crippen LogP contribution in [0.4, 0.5) is 0 Å². The zero-order chi connectivity index (χ0) is 15.5. The fraction of sp³-hybridized carbons (Fsp3) is 0.500. The highest BCUT2D eigenvalue weighted by Gasteiger charge is 2.27. The maximum atomic E-state index is 12.6. The number of hydrogen-bond donors (Lipinski definition) is 0. The minimum atomic E-state index is 0.110. The lowest BCUT2D eigenvalue weighted by Gasteiger charge is -2.16. The highest BCUT2D eigenvalue weighted by Crippen LogP contribution is 2.23. The molecular formula is C18H23NO3. The molecule has 118 valence electrons. The van der Waals surface area contributed by atoms with Crippen LogP contribution in [0.2, 0.25) is 0 Å². The summed E-state index contributed by atoms with van der Waals surface area (Å²) in [4.78, 5) is 14.6. The number of ether oxygens (including phenoxy) is 1. The van der Waals surface area contributed by atoms with Crippen molar-refractivity contribution in [1.82, 2.24) is 4.90 Å². The van der Waals surface area contributed by atoms with Crippen LogP contribution >= 0.6 is 0 Å². The largest absolute Gasteiger partial charge is 0.461 e. The molecule has 22 heavy (non-hydrogen) atoms. The lowest BCUT2D eigenvalue weighted by Crippen LogP contribution is -2.29. The number of carbonyl (C=O) groups is 1. The number of nitrogens with zero attached hydrogens (tertiary/aromatic N) is 1. The van der Waals surface area contributed by atoms with Gasteiger partial charge in [0, 0.05) is 36.6 Å². The Balaban J connectivity index is 1.65. The van der Waals surface area contributed by atoms with E-state index in [1.54, 1.807) is 0 Å². The Labute approximate surface area is 131 Å². The third-order valence-corrected chi connectivity index (χ3v) is 4.16.